The van der Waals surface area contributed by atoms with Crippen molar-refractivity contribution in [2.45, 2.75) is 27.7 Å². The molecule has 2 aromatic rings. The molecule has 0 fully saturated rings. The molecule has 0 heterocycles. The van der Waals surface area contributed by atoms with Gasteiger partial charge in [-0.3, -0.25) is 0 Å². The Morgan fingerprint density at radius 3 is 1.29 bits per heavy atom. The summed E-state index contributed by atoms with van der Waals surface area (Å²) < 4.78 is 0. The Labute approximate surface area is 139 Å². The number of carboxylic acids is 2. The van der Waals surface area contributed by atoms with Gasteiger partial charge < -0.3 is 10.2 Å². The molecule has 124 valence electrons. The van der Waals surface area contributed by atoms with Crippen molar-refractivity contribution in [1.29, 1.82) is 0 Å². The van der Waals surface area contributed by atoms with Crippen LogP contribution in [0.2, 0.25) is 0 Å². The molecule has 0 aliphatic rings. The Bertz CT molecular complexity index is 798. The van der Waals surface area contributed by atoms with Gasteiger partial charge in [-0.15, -0.1) is 0 Å². The first kappa shape index (κ1) is 17.3. The van der Waals surface area contributed by atoms with Gasteiger partial charge >= 0.3 is 11.9 Å². The van der Waals surface area contributed by atoms with E-state index in [1.54, 1.807) is 52.0 Å². The lowest BCUT2D eigenvalue weighted by molar-refractivity contribution is 0.0685. The van der Waals surface area contributed by atoms with E-state index >= 15 is 0 Å². The highest BCUT2D eigenvalue weighted by Crippen LogP contribution is 2.28. The topological polar surface area (TPSA) is 99.3 Å². The van der Waals surface area contributed by atoms with Gasteiger partial charge in [0.2, 0.25) is 0 Å². The van der Waals surface area contributed by atoms with Crippen LogP contribution in [0.3, 0.4) is 0 Å². The highest BCUT2D eigenvalue weighted by molar-refractivity contribution is 5.91. The molecule has 6 nitrogen and oxygen atoms in total. The maximum atomic E-state index is 11.1. The zero-order valence-corrected chi connectivity index (χ0v) is 13.9. The van der Waals surface area contributed by atoms with Gasteiger partial charge in [-0.25, -0.2) is 9.59 Å². The average molecular weight is 326 g/mol. The quantitative estimate of drug-likeness (QED) is 0.793. The van der Waals surface area contributed by atoms with Gasteiger partial charge in [0, 0.05) is 0 Å². The maximum absolute atomic E-state index is 11.1. The van der Waals surface area contributed by atoms with Crippen molar-refractivity contribution in [3.05, 3.63) is 57.6 Å². The highest BCUT2D eigenvalue weighted by Gasteiger charge is 2.12. The number of aryl methyl sites for hydroxylation is 4. The molecule has 0 spiro atoms. The van der Waals surface area contributed by atoms with Crippen LogP contribution < -0.4 is 0 Å². The van der Waals surface area contributed by atoms with Crippen LogP contribution in [0.15, 0.2) is 34.5 Å². The smallest absolute Gasteiger partial charge is 0.335 e. The Morgan fingerprint density at radius 1 is 0.667 bits per heavy atom. The van der Waals surface area contributed by atoms with Crippen LogP contribution in [0.5, 0.6) is 0 Å². The summed E-state index contributed by atoms with van der Waals surface area (Å²) in [5.41, 5.74) is 4.27. The summed E-state index contributed by atoms with van der Waals surface area (Å²) in [5.74, 6) is -1.95. The first-order valence-corrected chi connectivity index (χ1v) is 7.31. The van der Waals surface area contributed by atoms with Crippen LogP contribution in [0.4, 0.5) is 11.4 Å². The predicted octanol–water partition coefficient (Wildman–Crippen LogP) is 4.73. The second kappa shape index (κ2) is 6.62. The molecule has 0 amide bonds. The number of azo groups is 1. The number of hydrogen-bond acceptors (Lipinski definition) is 4. The normalized spacial score (nSPS) is 11.0. The van der Waals surface area contributed by atoms with Crippen LogP contribution in [-0.2, 0) is 0 Å². The molecule has 0 aliphatic heterocycles. The molecule has 0 atom stereocenters. The first-order chi connectivity index (χ1) is 11.2. The van der Waals surface area contributed by atoms with Gasteiger partial charge in [-0.05, 0) is 74.2 Å². The van der Waals surface area contributed by atoms with Crippen LogP contribution in [0, 0.1) is 27.7 Å². The first-order valence-electron chi connectivity index (χ1n) is 7.31. The number of benzene rings is 2. The summed E-state index contributed by atoms with van der Waals surface area (Å²) in [6.45, 7) is 6.95. The monoisotopic (exact) mass is 326 g/mol. The largest absolute Gasteiger partial charge is 0.478 e. The van der Waals surface area contributed by atoms with E-state index in [0.717, 1.165) is 0 Å². The number of rotatable bonds is 4. The second-order valence-electron chi connectivity index (χ2n) is 5.72. The minimum absolute atomic E-state index is 0.240. The second-order valence-corrected chi connectivity index (χ2v) is 5.72. The van der Waals surface area contributed by atoms with Crippen LogP contribution >= 0.6 is 0 Å². The maximum Gasteiger partial charge on any atom is 0.335 e. The van der Waals surface area contributed by atoms with Crippen molar-refractivity contribution in [2.75, 3.05) is 0 Å². The van der Waals surface area contributed by atoms with Crippen molar-refractivity contribution in [3.63, 3.8) is 0 Å². The van der Waals surface area contributed by atoms with Gasteiger partial charge in [-0.2, -0.15) is 10.2 Å². The van der Waals surface area contributed by atoms with Crippen molar-refractivity contribution in [1.82, 2.24) is 0 Å². The number of carbonyl (C=O) groups is 2. The highest BCUT2D eigenvalue weighted by atomic mass is 16.4. The summed E-state index contributed by atoms with van der Waals surface area (Å²) >= 11 is 0. The molecule has 2 aromatic carbocycles. The Kier molecular flexibility index (Phi) is 4.78. The lowest BCUT2D eigenvalue weighted by Gasteiger charge is -2.07. The Hall–Kier alpha value is -3.02. The van der Waals surface area contributed by atoms with Crippen molar-refractivity contribution >= 4 is 23.3 Å². The van der Waals surface area contributed by atoms with Gasteiger partial charge in [-0.1, -0.05) is 0 Å². The van der Waals surface area contributed by atoms with Crippen LogP contribution in [0.25, 0.3) is 0 Å². The third kappa shape index (κ3) is 3.48. The van der Waals surface area contributed by atoms with Crippen LogP contribution in [-0.4, -0.2) is 22.2 Å². The summed E-state index contributed by atoms with van der Waals surface area (Å²) in [6.07, 6.45) is 0. The van der Waals surface area contributed by atoms with Gasteiger partial charge in [0.1, 0.15) is 0 Å². The SMILES string of the molecule is Cc1cc(C(=O)O)c(C)cc1/N=N/c1cc(C)c(C(=O)O)cc1C. The molecule has 6 heteroatoms. The third-order valence-electron chi connectivity index (χ3n) is 3.81. The summed E-state index contributed by atoms with van der Waals surface area (Å²) in [6, 6.07) is 6.49. The Balaban J connectivity index is 2.42. The van der Waals surface area contributed by atoms with Crippen LogP contribution in [0.1, 0.15) is 43.0 Å². The molecule has 24 heavy (non-hydrogen) atoms. The van der Waals surface area contributed by atoms with E-state index in [0.29, 0.717) is 33.6 Å². The molecule has 0 saturated carbocycles. The van der Waals surface area contributed by atoms with E-state index < -0.39 is 11.9 Å². The summed E-state index contributed by atoms with van der Waals surface area (Å²) in [5, 5.41) is 26.6. The Morgan fingerprint density at radius 2 is 1.00 bits per heavy atom. The molecule has 2 rings (SSSR count). The minimum Gasteiger partial charge on any atom is -0.478 e. The molecule has 2 N–H and O–H groups in total. The van der Waals surface area contributed by atoms with E-state index in [2.05, 4.69) is 10.2 Å². The van der Waals surface area contributed by atoms with Crippen molar-refractivity contribution < 1.29 is 19.8 Å². The average Bonchev–Trinajstić information content (AvgIpc) is 2.49. The molecule has 0 radical (unpaired) electrons. The number of hydrogen-bond donors (Lipinski definition) is 2. The lowest BCUT2D eigenvalue weighted by Crippen LogP contribution is -2.00. The third-order valence-corrected chi connectivity index (χ3v) is 3.81. The molecule has 0 aliphatic carbocycles. The minimum atomic E-state index is -0.977. The molecule has 0 saturated heterocycles. The van der Waals surface area contributed by atoms with E-state index in [1.165, 1.54) is 0 Å². The predicted molar refractivity (Wildman–Crippen MR) is 89.9 cm³/mol. The van der Waals surface area contributed by atoms with E-state index in [9.17, 15) is 9.59 Å². The fourth-order valence-electron chi connectivity index (χ4n) is 2.39. The fraction of sp³-hybridized carbons (Fsp3) is 0.222. The lowest BCUT2D eigenvalue weighted by atomic mass is 10.0. The van der Waals surface area contributed by atoms with E-state index in [-0.39, 0.29) is 11.1 Å². The van der Waals surface area contributed by atoms with Crippen molar-refractivity contribution in [2.24, 2.45) is 10.2 Å². The van der Waals surface area contributed by atoms with E-state index in [4.69, 9.17) is 10.2 Å². The summed E-state index contributed by atoms with van der Waals surface area (Å²) in [4.78, 5) is 22.3. The molecule has 0 bridgehead atoms. The standard InChI is InChI=1S/C18H18N2O4/c1-9-7-15(11(3)5-13(9)17(21)22)19-20-16-8-10(2)14(18(23)24)6-12(16)4/h5-8H,1-4H3,(H,21,22)(H,23,24)/b20-19+. The summed E-state index contributed by atoms with van der Waals surface area (Å²) in [7, 11) is 0. The van der Waals surface area contributed by atoms with Crippen molar-refractivity contribution in [3.8, 4) is 0 Å². The van der Waals surface area contributed by atoms with Gasteiger partial charge in [0.05, 0.1) is 22.5 Å². The fourth-order valence-corrected chi connectivity index (χ4v) is 2.39. The number of carboxylic acid groups (broad SMARTS) is 2. The molecule has 0 aromatic heterocycles. The molecule has 0 unspecified atom stereocenters. The van der Waals surface area contributed by atoms with Gasteiger partial charge in [0.15, 0.2) is 0 Å². The zero-order chi connectivity index (χ0) is 18.0. The zero-order valence-electron chi connectivity index (χ0n) is 13.9. The molecular weight excluding hydrogens is 308 g/mol. The van der Waals surface area contributed by atoms with Gasteiger partial charge in [0.25, 0.3) is 0 Å². The number of aromatic carboxylic acids is 2. The number of nitrogens with zero attached hydrogens (tertiary/aromatic N) is 2. The van der Waals surface area contributed by atoms with E-state index in [1.807, 2.05) is 0 Å². The molecular formula is C18H18N2O4.